The van der Waals surface area contributed by atoms with Gasteiger partial charge in [-0.05, 0) is 87.8 Å². The fourth-order valence-corrected chi connectivity index (χ4v) is 6.72. The number of amides is 2. The number of hydrogen-bond donors (Lipinski definition) is 2. The van der Waals surface area contributed by atoms with Crippen LogP contribution < -0.4 is 5.32 Å². The molecule has 2 aromatic heterocycles. The summed E-state index contributed by atoms with van der Waals surface area (Å²) in [4.78, 5) is 34.7. The van der Waals surface area contributed by atoms with Crippen molar-refractivity contribution in [1.82, 2.24) is 19.8 Å². The Morgan fingerprint density at radius 2 is 1.50 bits per heavy atom. The van der Waals surface area contributed by atoms with E-state index in [0.717, 1.165) is 62.2 Å². The van der Waals surface area contributed by atoms with Gasteiger partial charge in [0.25, 0.3) is 11.8 Å². The minimum absolute atomic E-state index is 0.331. The van der Waals surface area contributed by atoms with Gasteiger partial charge in [-0.3, -0.25) is 14.9 Å². The Bertz CT molecular complexity index is 1580. The molecule has 0 saturated carbocycles. The summed E-state index contributed by atoms with van der Waals surface area (Å²) in [6, 6.07) is 12.6. The predicted molar refractivity (Wildman–Crippen MR) is 159 cm³/mol. The molecule has 0 unspecified atom stereocenters. The highest BCUT2D eigenvalue weighted by Crippen LogP contribution is 2.39. The molecule has 2 N–H and O–H groups in total. The van der Waals surface area contributed by atoms with Crippen LogP contribution in [-0.4, -0.2) is 58.4 Å². The number of carbonyl (C=O) groups is 2. The van der Waals surface area contributed by atoms with Crippen LogP contribution in [0.4, 0.5) is 0 Å². The summed E-state index contributed by atoms with van der Waals surface area (Å²) in [5.74, 6) is -0.672. The molecule has 8 heteroatoms. The summed E-state index contributed by atoms with van der Waals surface area (Å²) < 4.78 is 2.26. The van der Waals surface area contributed by atoms with Crippen LogP contribution in [0.2, 0.25) is 0 Å². The van der Waals surface area contributed by atoms with E-state index in [4.69, 9.17) is 0 Å². The van der Waals surface area contributed by atoms with Crippen molar-refractivity contribution in [3.05, 3.63) is 59.9 Å². The van der Waals surface area contributed by atoms with Crippen LogP contribution in [0.1, 0.15) is 36.8 Å². The lowest BCUT2D eigenvalue weighted by atomic mass is 9.95. The minimum atomic E-state index is -0.340. The average Bonchev–Trinajstić information content (AvgIpc) is 3.60. The summed E-state index contributed by atoms with van der Waals surface area (Å²) in [6.45, 7) is 4.33. The second kappa shape index (κ2) is 10.7. The summed E-state index contributed by atoms with van der Waals surface area (Å²) in [6.07, 6.45) is 13.0. The van der Waals surface area contributed by atoms with Crippen molar-refractivity contribution in [1.29, 1.82) is 0 Å². The number of nitrogens with zero attached hydrogens (tertiary/aromatic N) is 2. The van der Waals surface area contributed by atoms with Crippen LogP contribution in [0.25, 0.3) is 33.0 Å². The Kier molecular flexibility index (Phi) is 7.12. The van der Waals surface area contributed by atoms with E-state index < -0.39 is 0 Å². The topological polar surface area (TPSA) is 70.1 Å². The number of nitrogens with one attached hydrogen (secondary N) is 2. The van der Waals surface area contributed by atoms with Crippen LogP contribution >= 0.6 is 23.5 Å². The van der Waals surface area contributed by atoms with Crippen molar-refractivity contribution in [2.75, 3.05) is 32.1 Å². The van der Waals surface area contributed by atoms with Crippen LogP contribution in [0.3, 0.4) is 0 Å². The average molecular weight is 545 g/mol. The Morgan fingerprint density at radius 3 is 2.24 bits per heavy atom. The van der Waals surface area contributed by atoms with E-state index in [1.54, 1.807) is 23.5 Å². The molecule has 0 radical (unpaired) electrons. The van der Waals surface area contributed by atoms with Gasteiger partial charge in [-0.2, -0.15) is 0 Å². The lowest BCUT2D eigenvalue weighted by Crippen LogP contribution is -2.31. The van der Waals surface area contributed by atoms with Crippen LogP contribution in [0.15, 0.2) is 58.6 Å². The summed E-state index contributed by atoms with van der Waals surface area (Å²) >= 11 is 3.34. The van der Waals surface area contributed by atoms with E-state index in [1.165, 1.54) is 32.4 Å². The standard InChI is InChI=1S/C30H32N4O2S2/c1-37-19-7-9-25-21(15-19)23(17-31-25)27-28(30(36)32-29(27)35)24-18-34(14-6-13-33-11-4-3-5-12-33)26-10-8-20(38-2)16-22(24)26/h7-10,15-18,31H,3-6,11-14H2,1-2H3,(H,32,35,36). The van der Waals surface area contributed by atoms with Gasteiger partial charge in [-0.15, -0.1) is 23.5 Å². The molecule has 6 nitrogen and oxygen atoms in total. The van der Waals surface area contributed by atoms with Gasteiger partial charge < -0.3 is 14.5 Å². The third-order valence-corrected chi connectivity index (χ3v) is 9.22. The van der Waals surface area contributed by atoms with Crippen molar-refractivity contribution in [3.63, 3.8) is 0 Å². The molecule has 2 aliphatic heterocycles. The van der Waals surface area contributed by atoms with Crippen molar-refractivity contribution in [2.24, 2.45) is 0 Å². The highest BCUT2D eigenvalue weighted by atomic mass is 32.2. The van der Waals surface area contributed by atoms with Crippen LogP contribution in [0.5, 0.6) is 0 Å². The fraction of sp³-hybridized carbons (Fsp3) is 0.333. The predicted octanol–water partition coefficient (Wildman–Crippen LogP) is 6.01. The molecule has 4 heterocycles. The van der Waals surface area contributed by atoms with E-state index in [-0.39, 0.29) is 11.8 Å². The Labute approximate surface area is 231 Å². The molecule has 2 aliphatic rings. The molecule has 0 bridgehead atoms. The maximum absolute atomic E-state index is 13.4. The molecule has 196 valence electrons. The first kappa shape index (κ1) is 25.3. The molecule has 4 aromatic rings. The smallest absolute Gasteiger partial charge is 0.259 e. The fourth-order valence-electron chi connectivity index (χ4n) is 5.84. The molecule has 6 rings (SSSR count). The first-order valence-electron chi connectivity index (χ1n) is 13.2. The minimum Gasteiger partial charge on any atom is -0.361 e. The van der Waals surface area contributed by atoms with Gasteiger partial charge in [-0.25, -0.2) is 0 Å². The Balaban J connectivity index is 1.46. The Hall–Kier alpha value is -2.94. The van der Waals surface area contributed by atoms with E-state index in [0.29, 0.717) is 11.1 Å². The zero-order chi connectivity index (χ0) is 26.2. The van der Waals surface area contributed by atoms with E-state index in [1.807, 2.05) is 18.5 Å². The van der Waals surface area contributed by atoms with E-state index in [9.17, 15) is 9.59 Å². The third kappa shape index (κ3) is 4.59. The number of benzene rings is 2. The maximum atomic E-state index is 13.4. The number of carbonyl (C=O) groups excluding carboxylic acids is 2. The summed E-state index contributed by atoms with van der Waals surface area (Å²) in [7, 11) is 0. The Morgan fingerprint density at radius 1 is 0.816 bits per heavy atom. The zero-order valence-electron chi connectivity index (χ0n) is 21.8. The number of fused-ring (bicyclic) bond motifs is 2. The van der Waals surface area contributed by atoms with Gasteiger partial charge in [0.1, 0.15) is 0 Å². The lowest BCUT2D eigenvalue weighted by molar-refractivity contribution is -0.122. The molecule has 2 amide bonds. The zero-order valence-corrected chi connectivity index (χ0v) is 23.4. The van der Waals surface area contributed by atoms with Gasteiger partial charge in [0.05, 0.1) is 11.1 Å². The maximum Gasteiger partial charge on any atom is 0.259 e. The second-order valence-corrected chi connectivity index (χ2v) is 11.8. The van der Waals surface area contributed by atoms with Gasteiger partial charge >= 0.3 is 0 Å². The quantitative estimate of drug-likeness (QED) is 0.210. The van der Waals surface area contributed by atoms with Gasteiger partial charge in [0.15, 0.2) is 0 Å². The number of H-pyrrole nitrogens is 1. The van der Waals surface area contributed by atoms with Gasteiger partial charge in [0, 0.05) is 61.7 Å². The van der Waals surface area contributed by atoms with Gasteiger partial charge in [0.2, 0.25) is 0 Å². The number of hydrogen-bond acceptors (Lipinski definition) is 5. The summed E-state index contributed by atoms with van der Waals surface area (Å²) in [5, 5.41) is 4.55. The largest absolute Gasteiger partial charge is 0.361 e. The lowest BCUT2D eigenvalue weighted by Gasteiger charge is -2.26. The molecule has 2 aromatic carbocycles. The van der Waals surface area contributed by atoms with Crippen molar-refractivity contribution < 1.29 is 9.59 Å². The number of likely N-dealkylation sites (tertiary alicyclic amines) is 1. The molecule has 0 aliphatic carbocycles. The number of rotatable bonds is 8. The third-order valence-electron chi connectivity index (χ3n) is 7.77. The van der Waals surface area contributed by atoms with E-state index in [2.05, 4.69) is 62.6 Å². The number of imide groups is 1. The highest BCUT2D eigenvalue weighted by Gasteiger charge is 2.35. The molecular formula is C30H32N4O2S2. The highest BCUT2D eigenvalue weighted by molar-refractivity contribution is 7.98. The van der Waals surface area contributed by atoms with Crippen molar-refractivity contribution >= 4 is 68.3 Å². The van der Waals surface area contributed by atoms with Crippen LogP contribution in [0, 0.1) is 0 Å². The molecule has 0 spiro atoms. The van der Waals surface area contributed by atoms with Crippen molar-refractivity contribution in [2.45, 2.75) is 42.0 Å². The molecular weight excluding hydrogens is 512 g/mol. The molecule has 1 fully saturated rings. The number of piperidine rings is 1. The normalized spacial score (nSPS) is 16.8. The van der Waals surface area contributed by atoms with E-state index >= 15 is 0 Å². The molecule has 38 heavy (non-hydrogen) atoms. The number of thioether (sulfide) groups is 2. The SMILES string of the molecule is CSc1ccc2[nH]cc(C3=C(c4cn(CCCN5CCCCC5)c5ccc(SC)cc45)C(=O)NC3=O)c2c1. The van der Waals surface area contributed by atoms with Crippen molar-refractivity contribution in [3.8, 4) is 0 Å². The number of aryl methyl sites for hydroxylation is 1. The first-order chi connectivity index (χ1) is 18.6. The molecule has 1 saturated heterocycles. The monoisotopic (exact) mass is 544 g/mol. The van der Waals surface area contributed by atoms with Crippen LogP contribution in [-0.2, 0) is 16.1 Å². The number of aromatic amines is 1. The second-order valence-electron chi connectivity index (χ2n) is 10.0. The number of aromatic nitrogens is 2. The molecule has 0 atom stereocenters. The summed E-state index contributed by atoms with van der Waals surface area (Å²) in [5.41, 5.74) is 4.54. The first-order valence-corrected chi connectivity index (χ1v) is 15.7. The van der Waals surface area contributed by atoms with Gasteiger partial charge in [-0.1, -0.05) is 6.42 Å².